The monoisotopic (exact) mass is 355 g/mol. The van der Waals surface area contributed by atoms with Crippen molar-refractivity contribution in [2.45, 2.75) is 76.8 Å². The second-order valence-electron chi connectivity index (χ2n) is 6.55. The SMILES string of the molecule is CCCC(C)(N)C(=O)NCCCN(C)C1CCCCC1.Cl.Cl. The number of carbonyl (C=O) groups is 1. The smallest absolute Gasteiger partial charge is 0.239 e. The molecule has 0 aromatic heterocycles. The van der Waals surface area contributed by atoms with Crippen molar-refractivity contribution in [1.29, 1.82) is 0 Å². The number of hydrogen-bond acceptors (Lipinski definition) is 3. The second-order valence-corrected chi connectivity index (χ2v) is 6.55. The summed E-state index contributed by atoms with van der Waals surface area (Å²) in [6.45, 7) is 5.66. The lowest BCUT2D eigenvalue weighted by Crippen LogP contribution is -2.51. The van der Waals surface area contributed by atoms with Crippen LogP contribution in [0.25, 0.3) is 0 Å². The molecular weight excluding hydrogens is 321 g/mol. The minimum absolute atomic E-state index is 0. The van der Waals surface area contributed by atoms with E-state index in [1.807, 2.05) is 6.92 Å². The zero-order chi connectivity index (χ0) is 15.0. The molecule has 3 N–H and O–H groups in total. The van der Waals surface area contributed by atoms with E-state index in [-0.39, 0.29) is 30.7 Å². The number of nitrogens with zero attached hydrogens (tertiary/aromatic N) is 1. The van der Waals surface area contributed by atoms with Crippen LogP contribution < -0.4 is 11.1 Å². The third-order valence-corrected chi connectivity index (χ3v) is 4.46. The maximum absolute atomic E-state index is 12.0. The Morgan fingerprint density at radius 3 is 2.41 bits per heavy atom. The molecule has 0 spiro atoms. The molecule has 6 heteroatoms. The molecule has 134 valence electrons. The molecule has 1 rings (SSSR count). The highest BCUT2D eigenvalue weighted by Gasteiger charge is 2.26. The first kappa shape index (κ1) is 24.2. The van der Waals surface area contributed by atoms with Gasteiger partial charge in [0.1, 0.15) is 0 Å². The highest BCUT2D eigenvalue weighted by molar-refractivity contribution is 5.86. The van der Waals surface area contributed by atoms with E-state index in [2.05, 4.69) is 24.2 Å². The molecule has 1 atom stereocenters. The van der Waals surface area contributed by atoms with Crippen LogP contribution in [0.1, 0.15) is 65.2 Å². The summed E-state index contributed by atoms with van der Waals surface area (Å²) in [5.74, 6) is -0.0142. The molecule has 1 saturated carbocycles. The van der Waals surface area contributed by atoms with Crippen molar-refractivity contribution in [2.75, 3.05) is 20.1 Å². The Labute approximate surface area is 148 Å². The van der Waals surface area contributed by atoms with Gasteiger partial charge in [0.05, 0.1) is 5.54 Å². The van der Waals surface area contributed by atoms with Gasteiger partial charge in [-0.05, 0) is 46.2 Å². The number of halogens is 2. The van der Waals surface area contributed by atoms with Gasteiger partial charge in [0.15, 0.2) is 0 Å². The largest absolute Gasteiger partial charge is 0.354 e. The third-order valence-electron chi connectivity index (χ3n) is 4.46. The van der Waals surface area contributed by atoms with E-state index in [1.165, 1.54) is 32.1 Å². The zero-order valence-electron chi connectivity index (χ0n) is 14.4. The van der Waals surface area contributed by atoms with E-state index in [1.54, 1.807) is 0 Å². The summed E-state index contributed by atoms with van der Waals surface area (Å²) in [6.07, 6.45) is 9.47. The van der Waals surface area contributed by atoms with E-state index in [0.29, 0.717) is 0 Å². The van der Waals surface area contributed by atoms with Crippen LogP contribution in [0.5, 0.6) is 0 Å². The highest BCUT2D eigenvalue weighted by atomic mass is 35.5. The molecule has 1 aliphatic carbocycles. The quantitative estimate of drug-likeness (QED) is 0.657. The van der Waals surface area contributed by atoms with Crippen molar-refractivity contribution in [2.24, 2.45) is 5.73 Å². The maximum atomic E-state index is 12.0. The predicted octanol–water partition coefficient (Wildman–Crippen LogP) is 3.12. The van der Waals surface area contributed by atoms with Crippen LogP contribution >= 0.6 is 24.8 Å². The van der Waals surface area contributed by atoms with Gasteiger partial charge in [-0.1, -0.05) is 32.6 Å². The van der Waals surface area contributed by atoms with Gasteiger partial charge in [-0.15, -0.1) is 24.8 Å². The lowest BCUT2D eigenvalue weighted by Gasteiger charge is -2.31. The molecule has 4 nitrogen and oxygen atoms in total. The lowest BCUT2D eigenvalue weighted by molar-refractivity contribution is -0.126. The molecule has 0 aliphatic heterocycles. The van der Waals surface area contributed by atoms with Crippen molar-refractivity contribution in [3.8, 4) is 0 Å². The molecule has 0 bridgehead atoms. The standard InChI is InChI=1S/C16H33N3O.2ClH/c1-4-11-16(2,17)15(20)18-12-8-13-19(3)14-9-6-5-7-10-14;;/h14H,4-13,17H2,1-3H3,(H,18,20);2*1H. The average molecular weight is 356 g/mol. The summed E-state index contributed by atoms with van der Waals surface area (Å²) in [5, 5.41) is 2.98. The summed E-state index contributed by atoms with van der Waals surface area (Å²) in [6, 6.07) is 0.749. The molecule has 0 heterocycles. The fourth-order valence-corrected chi connectivity index (χ4v) is 3.07. The molecule has 0 aromatic rings. The Kier molecular flexibility index (Phi) is 13.7. The van der Waals surface area contributed by atoms with Crippen LogP contribution in [0, 0.1) is 0 Å². The molecule has 1 fully saturated rings. The first-order valence-electron chi connectivity index (χ1n) is 8.25. The Morgan fingerprint density at radius 2 is 1.86 bits per heavy atom. The van der Waals surface area contributed by atoms with E-state index < -0.39 is 5.54 Å². The van der Waals surface area contributed by atoms with Gasteiger partial charge in [-0.25, -0.2) is 0 Å². The number of hydrogen-bond donors (Lipinski definition) is 2. The van der Waals surface area contributed by atoms with E-state index in [4.69, 9.17) is 5.73 Å². The number of nitrogens with one attached hydrogen (secondary N) is 1. The Balaban J connectivity index is 0. The van der Waals surface area contributed by atoms with Gasteiger partial charge in [0, 0.05) is 12.6 Å². The minimum atomic E-state index is -0.718. The van der Waals surface area contributed by atoms with Crippen LogP contribution in [0.2, 0.25) is 0 Å². The number of rotatable bonds is 8. The first-order chi connectivity index (χ1) is 9.47. The summed E-state index contributed by atoms with van der Waals surface area (Å²) in [4.78, 5) is 14.4. The molecule has 1 unspecified atom stereocenters. The summed E-state index contributed by atoms with van der Waals surface area (Å²) in [5.41, 5.74) is 5.29. The average Bonchev–Trinajstić information content (AvgIpc) is 2.44. The Bertz CT molecular complexity index is 295. The van der Waals surface area contributed by atoms with Crippen LogP contribution in [-0.2, 0) is 4.79 Å². The van der Waals surface area contributed by atoms with Crippen molar-refractivity contribution in [3.63, 3.8) is 0 Å². The Morgan fingerprint density at radius 1 is 1.27 bits per heavy atom. The van der Waals surface area contributed by atoms with Crippen LogP contribution in [0.3, 0.4) is 0 Å². The number of nitrogens with two attached hydrogens (primary N) is 1. The third kappa shape index (κ3) is 8.56. The first-order valence-corrected chi connectivity index (χ1v) is 8.25. The van der Waals surface area contributed by atoms with Crippen LogP contribution in [0.4, 0.5) is 0 Å². The van der Waals surface area contributed by atoms with Gasteiger partial charge in [0.2, 0.25) is 5.91 Å². The van der Waals surface area contributed by atoms with Gasteiger partial charge >= 0.3 is 0 Å². The highest BCUT2D eigenvalue weighted by Crippen LogP contribution is 2.21. The molecule has 0 saturated heterocycles. The summed E-state index contributed by atoms with van der Waals surface area (Å²) < 4.78 is 0. The predicted molar refractivity (Wildman–Crippen MR) is 99.1 cm³/mol. The van der Waals surface area contributed by atoms with Crippen molar-refractivity contribution >= 4 is 30.7 Å². The number of amides is 1. The minimum Gasteiger partial charge on any atom is -0.354 e. The van der Waals surface area contributed by atoms with Gasteiger partial charge in [-0.2, -0.15) is 0 Å². The van der Waals surface area contributed by atoms with E-state index in [9.17, 15) is 4.79 Å². The maximum Gasteiger partial charge on any atom is 0.239 e. The van der Waals surface area contributed by atoms with Crippen molar-refractivity contribution in [1.82, 2.24) is 10.2 Å². The fraction of sp³-hybridized carbons (Fsp3) is 0.938. The van der Waals surface area contributed by atoms with Crippen molar-refractivity contribution in [3.05, 3.63) is 0 Å². The van der Waals surface area contributed by atoms with Gasteiger partial charge < -0.3 is 16.0 Å². The van der Waals surface area contributed by atoms with Crippen LogP contribution in [0.15, 0.2) is 0 Å². The summed E-state index contributed by atoms with van der Waals surface area (Å²) in [7, 11) is 2.21. The lowest BCUT2D eigenvalue weighted by atomic mass is 9.94. The van der Waals surface area contributed by atoms with Crippen molar-refractivity contribution < 1.29 is 4.79 Å². The zero-order valence-corrected chi connectivity index (χ0v) is 16.0. The summed E-state index contributed by atoms with van der Waals surface area (Å²) >= 11 is 0. The molecule has 1 amide bonds. The van der Waals surface area contributed by atoms with E-state index in [0.717, 1.165) is 38.4 Å². The number of carbonyl (C=O) groups excluding carboxylic acids is 1. The molecule has 0 radical (unpaired) electrons. The molecule has 0 aromatic carbocycles. The van der Waals surface area contributed by atoms with Gasteiger partial charge in [0.25, 0.3) is 0 Å². The topological polar surface area (TPSA) is 58.4 Å². The molecule has 22 heavy (non-hydrogen) atoms. The van der Waals surface area contributed by atoms with E-state index >= 15 is 0 Å². The fourth-order valence-electron chi connectivity index (χ4n) is 3.07. The Hall–Kier alpha value is -0.0300. The second kappa shape index (κ2) is 12.4. The molecular formula is C16H35Cl2N3O. The van der Waals surface area contributed by atoms with Crippen LogP contribution in [-0.4, -0.2) is 42.5 Å². The molecule has 1 aliphatic rings. The van der Waals surface area contributed by atoms with Gasteiger partial charge in [-0.3, -0.25) is 4.79 Å². The normalized spacial score (nSPS) is 18.0.